The highest BCUT2D eigenvalue weighted by atomic mass is 16.1. The lowest BCUT2D eigenvalue weighted by Gasteiger charge is -1.99. The SMILES string of the molecule is CNCC(=O)c1ccc(C)cc1. The van der Waals surface area contributed by atoms with Crippen molar-refractivity contribution in [1.82, 2.24) is 5.32 Å². The van der Waals surface area contributed by atoms with Gasteiger partial charge in [-0.1, -0.05) is 29.8 Å². The van der Waals surface area contributed by atoms with Crippen molar-refractivity contribution >= 4 is 5.78 Å². The van der Waals surface area contributed by atoms with E-state index in [1.165, 1.54) is 5.56 Å². The van der Waals surface area contributed by atoms with Crippen molar-refractivity contribution < 1.29 is 4.79 Å². The lowest BCUT2D eigenvalue weighted by molar-refractivity contribution is 0.0993. The molecule has 0 heterocycles. The number of carbonyl (C=O) groups is 1. The summed E-state index contributed by atoms with van der Waals surface area (Å²) >= 11 is 0. The zero-order valence-electron chi connectivity index (χ0n) is 7.42. The van der Waals surface area contributed by atoms with Crippen LogP contribution in [-0.2, 0) is 0 Å². The molecule has 0 unspecified atom stereocenters. The molecule has 0 radical (unpaired) electrons. The van der Waals surface area contributed by atoms with Crippen molar-refractivity contribution in [2.75, 3.05) is 13.6 Å². The van der Waals surface area contributed by atoms with Crippen LogP contribution < -0.4 is 5.32 Å². The Labute approximate surface area is 72.6 Å². The standard InChI is InChI=1S/C10H13NO/c1-8-3-5-9(6-4-8)10(12)7-11-2/h3-6,11H,7H2,1-2H3. The van der Waals surface area contributed by atoms with Crippen LogP contribution in [-0.4, -0.2) is 19.4 Å². The van der Waals surface area contributed by atoms with Crippen LogP contribution in [0.4, 0.5) is 0 Å². The third-order valence-corrected chi connectivity index (χ3v) is 1.71. The highest BCUT2D eigenvalue weighted by Crippen LogP contribution is 2.03. The maximum atomic E-state index is 11.3. The smallest absolute Gasteiger partial charge is 0.176 e. The summed E-state index contributed by atoms with van der Waals surface area (Å²) in [5.74, 6) is 0.137. The van der Waals surface area contributed by atoms with Crippen LogP contribution in [0.2, 0.25) is 0 Å². The summed E-state index contributed by atoms with van der Waals surface area (Å²) in [4.78, 5) is 11.3. The molecule has 0 spiro atoms. The first-order chi connectivity index (χ1) is 5.74. The van der Waals surface area contributed by atoms with Crippen molar-refractivity contribution in [3.05, 3.63) is 35.4 Å². The lowest BCUT2D eigenvalue weighted by Crippen LogP contribution is -2.18. The number of carbonyl (C=O) groups excluding carboxylic acids is 1. The number of benzene rings is 1. The van der Waals surface area contributed by atoms with Gasteiger partial charge in [0.25, 0.3) is 0 Å². The third kappa shape index (κ3) is 2.17. The summed E-state index contributed by atoms with van der Waals surface area (Å²) in [5, 5.41) is 2.83. The first-order valence-electron chi connectivity index (χ1n) is 3.98. The number of nitrogens with one attached hydrogen (secondary N) is 1. The van der Waals surface area contributed by atoms with E-state index in [9.17, 15) is 4.79 Å². The Morgan fingerprint density at radius 1 is 1.33 bits per heavy atom. The fourth-order valence-corrected chi connectivity index (χ4v) is 1.00. The van der Waals surface area contributed by atoms with Crippen LogP contribution in [0.3, 0.4) is 0 Å². The topological polar surface area (TPSA) is 29.1 Å². The maximum Gasteiger partial charge on any atom is 0.176 e. The van der Waals surface area contributed by atoms with Crippen molar-refractivity contribution in [3.63, 3.8) is 0 Å². The summed E-state index contributed by atoms with van der Waals surface area (Å²) in [5.41, 5.74) is 1.95. The summed E-state index contributed by atoms with van der Waals surface area (Å²) in [6.07, 6.45) is 0. The van der Waals surface area contributed by atoms with E-state index >= 15 is 0 Å². The predicted molar refractivity (Wildman–Crippen MR) is 49.4 cm³/mol. The van der Waals surface area contributed by atoms with E-state index in [2.05, 4.69) is 5.32 Å². The van der Waals surface area contributed by atoms with E-state index in [0.717, 1.165) is 5.56 Å². The molecule has 0 atom stereocenters. The zero-order chi connectivity index (χ0) is 8.97. The third-order valence-electron chi connectivity index (χ3n) is 1.71. The second-order valence-electron chi connectivity index (χ2n) is 2.82. The molecule has 12 heavy (non-hydrogen) atoms. The van der Waals surface area contributed by atoms with Gasteiger partial charge in [-0.3, -0.25) is 4.79 Å². The Hall–Kier alpha value is -1.15. The minimum absolute atomic E-state index is 0.137. The van der Waals surface area contributed by atoms with E-state index in [0.29, 0.717) is 6.54 Å². The number of likely N-dealkylation sites (N-methyl/N-ethyl adjacent to an activating group) is 1. The second-order valence-corrected chi connectivity index (χ2v) is 2.82. The van der Waals surface area contributed by atoms with Crippen LogP contribution in [0.25, 0.3) is 0 Å². The first kappa shape index (κ1) is 8.94. The Kier molecular flexibility index (Phi) is 3.00. The Balaban J connectivity index is 2.75. The van der Waals surface area contributed by atoms with Crippen LogP contribution >= 0.6 is 0 Å². The van der Waals surface area contributed by atoms with E-state index in [4.69, 9.17) is 0 Å². The number of Topliss-reactive ketones (excluding diaryl/α,β-unsaturated/α-hetero) is 1. The monoisotopic (exact) mass is 163 g/mol. The molecule has 1 aromatic rings. The molecule has 0 aromatic heterocycles. The number of rotatable bonds is 3. The number of hydrogen-bond donors (Lipinski definition) is 1. The van der Waals surface area contributed by atoms with Gasteiger partial charge in [0.15, 0.2) is 5.78 Å². The maximum absolute atomic E-state index is 11.3. The van der Waals surface area contributed by atoms with Crippen LogP contribution in [0.1, 0.15) is 15.9 Å². The molecular weight excluding hydrogens is 150 g/mol. The van der Waals surface area contributed by atoms with E-state index in [-0.39, 0.29) is 5.78 Å². The molecule has 1 aromatic carbocycles. The van der Waals surface area contributed by atoms with Gasteiger partial charge in [0.05, 0.1) is 6.54 Å². The summed E-state index contributed by atoms with van der Waals surface area (Å²) in [7, 11) is 1.77. The lowest BCUT2D eigenvalue weighted by atomic mass is 10.1. The molecule has 0 saturated carbocycles. The quantitative estimate of drug-likeness (QED) is 0.682. The van der Waals surface area contributed by atoms with Crippen molar-refractivity contribution in [2.24, 2.45) is 0 Å². The minimum atomic E-state index is 0.137. The molecule has 0 aliphatic rings. The van der Waals surface area contributed by atoms with Gasteiger partial charge in [-0.15, -0.1) is 0 Å². The Morgan fingerprint density at radius 2 is 1.92 bits per heavy atom. The zero-order valence-corrected chi connectivity index (χ0v) is 7.42. The molecule has 0 aliphatic heterocycles. The molecule has 2 heteroatoms. The molecule has 0 saturated heterocycles. The molecular formula is C10H13NO. The summed E-state index contributed by atoms with van der Waals surface area (Å²) in [6, 6.07) is 7.61. The molecule has 0 fully saturated rings. The van der Waals surface area contributed by atoms with Crippen LogP contribution in [0, 0.1) is 6.92 Å². The number of aryl methyl sites for hydroxylation is 1. The fourth-order valence-electron chi connectivity index (χ4n) is 1.00. The van der Waals surface area contributed by atoms with Gasteiger partial charge < -0.3 is 5.32 Å². The first-order valence-corrected chi connectivity index (χ1v) is 3.98. The Bertz CT molecular complexity index is 264. The normalized spacial score (nSPS) is 9.83. The van der Waals surface area contributed by atoms with Crippen molar-refractivity contribution in [1.29, 1.82) is 0 Å². The number of hydrogen-bond acceptors (Lipinski definition) is 2. The minimum Gasteiger partial charge on any atom is -0.313 e. The average Bonchev–Trinajstić information content (AvgIpc) is 2.06. The van der Waals surface area contributed by atoms with E-state index in [1.54, 1.807) is 7.05 Å². The molecule has 1 rings (SSSR count). The highest BCUT2D eigenvalue weighted by Gasteiger charge is 2.01. The summed E-state index contributed by atoms with van der Waals surface area (Å²) < 4.78 is 0. The van der Waals surface area contributed by atoms with Crippen molar-refractivity contribution in [3.8, 4) is 0 Å². The molecule has 0 amide bonds. The van der Waals surface area contributed by atoms with Gasteiger partial charge in [-0.05, 0) is 14.0 Å². The molecule has 64 valence electrons. The summed E-state index contributed by atoms with van der Waals surface area (Å²) in [6.45, 7) is 2.41. The molecule has 1 N–H and O–H groups in total. The van der Waals surface area contributed by atoms with Crippen LogP contribution in [0.5, 0.6) is 0 Å². The van der Waals surface area contributed by atoms with E-state index < -0.39 is 0 Å². The highest BCUT2D eigenvalue weighted by molar-refractivity contribution is 5.97. The van der Waals surface area contributed by atoms with Gasteiger partial charge in [0.2, 0.25) is 0 Å². The van der Waals surface area contributed by atoms with Gasteiger partial charge >= 0.3 is 0 Å². The molecule has 0 aliphatic carbocycles. The molecule has 0 bridgehead atoms. The van der Waals surface area contributed by atoms with Gasteiger partial charge in [-0.2, -0.15) is 0 Å². The second kappa shape index (κ2) is 4.02. The molecule has 2 nitrogen and oxygen atoms in total. The fraction of sp³-hybridized carbons (Fsp3) is 0.300. The number of ketones is 1. The van der Waals surface area contributed by atoms with Crippen molar-refractivity contribution in [2.45, 2.75) is 6.92 Å². The predicted octanol–water partition coefficient (Wildman–Crippen LogP) is 1.40. The van der Waals surface area contributed by atoms with E-state index in [1.807, 2.05) is 31.2 Å². The van der Waals surface area contributed by atoms with Gasteiger partial charge in [0, 0.05) is 5.56 Å². The van der Waals surface area contributed by atoms with Gasteiger partial charge in [-0.25, -0.2) is 0 Å². The van der Waals surface area contributed by atoms with Gasteiger partial charge in [0.1, 0.15) is 0 Å². The van der Waals surface area contributed by atoms with Crippen LogP contribution in [0.15, 0.2) is 24.3 Å². The average molecular weight is 163 g/mol. The Morgan fingerprint density at radius 3 is 2.42 bits per heavy atom. The largest absolute Gasteiger partial charge is 0.313 e.